The van der Waals surface area contributed by atoms with Crippen LogP contribution in [0.2, 0.25) is 0 Å². The maximum atomic E-state index is 13.3. The maximum absolute atomic E-state index is 13.3. The summed E-state index contributed by atoms with van der Waals surface area (Å²) < 4.78 is 0. The van der Waals surface area contributed by atoms with Gasteiger partial charge in [-0.25, -0.2) is 0 Å². The van der Waals surface area contributed by atoms with Gasteiger partial charge in [0.1, 0.15) is 0 Å². The lowest BCUT2D eigenvalue weighted by Crippen LogP contribution is -2.40. The number of fused-ring (bicyclic) bond motifs is 2. The van der Waals surface area contributed by atoms with Crippen LogP contribution in [0.3, 0.4) is 0 Å². The average molecular weight is 485 g/mol. The van der Waals surface area contributed by atoms with Crippen molar-refractivity contribution in [1.29, 1.82) is 0 Å². The quantitative estimate of drug-likeness (QED) is 0.352. The second-order valence-electron chi connectivity index (χ2n) is 9.85. The van der Waals surface area contributed by atoms with Crippen molar-refractivity contribution in [3.8, 4) is 11.1 Å². The number of carbonyl (C=O) groups excluding carboxylic acids is 2. The number of anilines is 1. The molecule has 4 unspecified atom stereocenters. The Balaban J connectivity index is 1.23. The van der Waals surface area contributed by atoms with E-state index in [2.05, 4.69) is 17.6 Å². The summed E-state index contributed by atoms with van der Waals surface area (Å²) in [7, 11) is 0. The molecule has 0 spiro atoms. The highest BCUT2D eigenvalue weighted by Gasteiger charge is 2.42. The number of nitrogens with one attached hydrogen (secondary N) is 2. The minimum absolute atomic E-state index is 0.0370. The summed E-state index contributed by atoms with van der Waals surface area (Å²) in [6, 6.07) is 25.6. The second-order valence-corrected chi connectivity index (χ2v) is 10.9. The van der Waals surface area contributed by atoms with Gasteiger partial charge in [-0.1, -0.05) is 67.1 Å². The molecule has 2 bridgehead atoms. The van der Waals surface area contributed by atoms with Crippen molar-refractivity contribution in [1.82, 2.24) is 5.32 Å². The molecule has 2 aliphatic rings. The number of thioether (sulfide) groups is 1. The van der Waals surface area contributed by atoms with Gasteiger partial charge < -0.3 is 10.6 Å². The summed E-state index contributed by atoms with van der Waals surface area (Å²) >= 11 is 1.42. The van der Waals surface area contributed by atoms with Crippen molar-refractivity contribution in [2.24, 2.45) is 17.8 Å². The van der Waals surface area contributed by atoms with E-state index in [1.807, 2.05) is 78.9 Å². The summed E-state index contributed by atoms with van der Waals surface area (Å²) in [5, 5.41) is 6.32. The average Bonchev–Trinajstić information content (AvgIpc) is 3.53. The Labute approximate surface area is 211 Å². The molecule has 0 heterocycles. The number of rotatable bonds is 8. The number of para-hydroxylation sites is 1. The highest BCUT2D eigenvalue weighted by atomic mass is 32.2. The number of carbonyl (C=O) groups is 2. The van der Waals surface area contributed by atoms with E-state index in [0.29, 0.717) is 17.2 Å². The summed E-state index contributed by atoms with van der Waals surface area (Å²) in [6.07, 6.45) is 5.29. The summed E-state index contributed by atoms with van der Waals surface area (Å²) in [5.74, 6) is 2.44. The Hall–Kier alpha value is -3.05. The first kappa shape index (κ1) is 23.7. The number of benzene rings is 3. The maximum Gasteiger partial charge on any atom is 0.256 e. The summed E-state index contributed by atoms with van der Waals surface area (Å²) in [5.41, 5.74) is 3.36. The van der Waals surface area contributed by atoms with Crippen LogP contribution in [0.25, 0.3) is 11.1 Å². The molecule has 2 N–H and O–H groups in total. The van der Waals surface area contributed by atoms with Gasteiger partial charge >= 0.3 is 0 Å². The highest BCUT2D eigenvalue weighted by Crippen LogP contribution is 2.49. The highest BCUT2D eigenvalue weighted by molar-refractivity contribution is 8.00. The third-order valence-electron chi connectivity index (χ3n) is 7.57. The van der Waals surface area contributed by atoms with Crippen LogP contribution >= 0.6 is 11.8 Å². The number of amides is 2. The first-order valence-electron chi connectivity index (χ1n) is 12.6. The first-order valence-corrected chi connectivity index (χ1v) is 13.5. The topological polar surface area (TPSA) is 58.2 Å². The third-order valence-corrected chi connectivity index (χ3v) is 8.65. The molecule has 2 saturated carbocycles. The largest absolute Gasteiger partial charge is 0.353 e. The minimum atomic E-state index is -0.174. The standard InChI is InChI=1S/C30H32N2O2S/c1-20(26-18-21-15-16-23(26)17-21)31-29(33)19-35-28-14-8-6-12-25(28)30(34)32-27-13-7-5-11-24(27)22-9-3-2-4-10-22/h2-14,20-21,23,26H,15-19H2,1H3,(H,31,33)(H,32,34). The van der Waals surface area contributed by atoms with Crippen LogP contribution in [-0.2, 0) is 4.79 Å². The summed E-state index contributed by atoms with van der Waals surface area (Å²) in [6.45, 7) is 2.15. The van der Waals surface area contributed by atoms with Crippen LogP contribution in [0.15, 0.2) is 83.8 Å². The van der Waals surface area contributed by atoms with Gasteiger partial charge in [0.05, 0.1) is 11.3 Å². The molecule has 4 nitrogen and oxygen atoms in total. The molecule has 5 heteroatoms. The van der Waals surface area contributed by atoms with E-state index < -0.39 is 0 Å². The fourth-order valence-corrected chi connectivity index (χ4v) is 6.74. The van der Waals surface area contributed by atoms with E-state index in [4.69, 9.17) is 0 Å². The molecular weight excluding hydrogens is 452 g/mol. The minimum Gasteiger partial charge on any atom is -0.353 e. The number of hydrogen-bond donors (Lipinski definition) is 2. The van der Waals surface area contributed by atoms with E-state index in [0.717, 1.165) is 33.5 Å². The second kappa shape index (κ2) is 10.7. The Morgan fingerprint density at radius 2 is 1.66 bits per heavy atom. The van der Waals surface area contributed by atoms with Crippen molar-refractivity contribution in [3.63, 3.8) is 0 Å². The van der Waals surface area contributed by atoms with Gasteiger partial charge in [-0.15, -0.1) is 11.8 Å². The van der Waals surface area contributed by atoms with E-state index in [1.165, 1.54) is 37.4 Å². The Morgan fingerprint density at radius 1 is 0.914 bits per heavy atom. The van der Waals surface area contributed by atoms with Gasteiger partial charge in [-0.05, 0) is 67.7 Å². The molecule has 35 heavy (non-hydrogen) atoms. The van der Waals surface area contributed by atoms with Crippen LogP contribution in [0, 0.1) is 17.8 Å². The van der Waals surface area contributed by atoms with Gasteiger partial charge in [0.2, 0.25) is 5.91 Å². The Bertz CT molecular complexity index is 1200. The molecule has 0 saturated heterocycles. The van der Waals surface area contributed by atoms with Crippen molar-refractivity contribution in [3.05, 3.63) is 84.4 Å². The van der Waals surface area contributed by atoms with Gasteiger partial charge in [0.25, 0.3) is 5.91 Å². The molecule has 180 valence electrons. The first-order chi connectivity index (χ1) is 17.1. The molecule has 0 aliphatic heterocycles. The zero-order valence-corrected chi connectivity index (χ0v) is 20.9. The Kier molecular flexibility index (Phi) is 7.24. The summed E-state index contributed by atoms with van der Waals surface area (Å²) in [4.78, 5) is 26.8. The third kappa shape index (κ3) is 5.46. The predicted molar refractivity (Wildman–Crippen MR) is 144 cm³/mol. The molecule has 3 aromatic carbocycles. The normalized spacial score (nSPS) is 21.5. The molecule has 0 radical (unpaired) electrons. The predicted octanol–water partition coefficient (Wildman–Crippen LogP) is 6.64. The van der Waals surface area contributed by atoms with Crippen molar-refractivity contribution in [2.45, 2.75) is 43.5 Å². The molecule has 4 atom stereocenters. The van der Waals surface area contributed by atoms with E-state index >= 15 is 0 Å². The molecule has 2 amide bonds. The van der Waals surface area contributed by atoms with Crippen LogP contribution in [0.5, 0.6) is 0 Å². The molecule has 5 rings (SSSR count). The molecule has 2 fully saturated rings. The fourth-order valence-electron chi connectivity index (χ4n) is 5.88. The van der Waals surface area contributed by atoms with E-state index in [1.54, 1.807) is 0 Å². The molecular formula is C30H32N2O2S. The SMILES string of the molecule is CC(NC(=O)CSc1ccccc1C(=O)Nc1ccccc1-c1ccccc1)C1CC2CCC1C2. The van der Waals surface area contributed by atoms with Crippen molar-refractivity contribution >= 4 is 29.3 Å². The lowest BCUT2D eigenvalue weighted by Gasteiger charge is -2.28. The zero-order valence-electron chi connectivity index (χ0n) is 20.1. The van der Waals surface area contributed by atoms with E-state index in [-0.39, 0.29) is 17.9 Å². The van der Waals surface area contributed by atoms with Gasteiger partial charge in [-0.3, -0.25) is 9.59 Å². The van der Waals surface area contributed by atoms with Gasteiger partial charge in [0, 0.05) is 22.2 Å². The molecule has 2 aliphatic carbocycles. The monoisotopic (exact) mass is 484 g/mol. The van der Waals surface area contributed by atoms with Gasteiger partial charge in [0.15, 0.2) is 0 Å². The van der Waals surface area contributed by atoms with Crippen molar-refractivity contribution < 1.29 is 9.59 Å². The van der Waals surface area contributed by atoms with Crippen LogP contribution in [0.4, 0.5) is 5.69 Å². The van der Waals surface area contributed by atoms with Crippen LogP contribution in [0.1, 0.15) is 43.0 Å². The molecule has 3 aromatic rings. The molecule has 0 aromatic heterocycles. The van der Waals surface area contributed by atoms with Crippen LogP contribution in [-0.4, -0.2) is 23.6 Å². The lowest BCUT2D eigenvalue weighted by molar-refractivity contribution is -0.119. The van der Waals surface area contributed by atoms with Crippen molar-refractivity contribution in [2.75, 3.05) is 11.1 Å². The smallest absolute Gasteiger partial charge is 0.256 e. The Morgan fingerprint density at radius 3 is 2.43 bits per heavy atom. The van der Waals surface area contributed by atoms with E-state index in [9.17, 15) is 9.59 Å². The number of hydrogen-bond acceptors (Lipinski definition) is 3. The lowest BCUT2D eigenvalue weighted by atomic mass is 9.84. The van der Waals surface area contributed by atoms with Crippen LogP contribution < -0.4 is 10.6 Å². The zero-order chi connectivity index (χ0) is 24.2. The van der Waals surface area contributed by atoms with Gasteiger partial charge in [-0.2, -0.15) is 0 Å². The fraction of sp³-hybridized carbons (Fsp3) is 0.333.